The van der Waals surface area contributed by atoms with E-state index in [1.165, 1.54) is 0 Å². The molecule has 0 aromatic heterocycles. The molecule has 1 fully saturated rings. The second-order valence-electron chi connectivity index (χ2n) is 10.6. The number of aliphatic hydroxyl groups excluding tert-OH is 2. The first-order chi connectivity index (χ1) is 26.9. The van der Waals surface area contributed by atoms with Gasteiger partial charge in [-0.05, 0) is 63.8 Å². The van der Waals surface area contributed by atoms with Crippen LogP contribution in [0.15, 0.2) is 48.5 Å². The topological polar surface area (TPSA) is 124 Å². The number of benzene rings is 2. The maximum atomic E-state index is 9.27. The Hall–Kier alpha value is 0.310. The molecule has 278 valence electrons. The van der Waals surface area contributed by atoms with Gasteiger partial charge in [0.15, 0.2) is 6.29 Å². The van der Waals surface area contributed by atoms with Crippen molar-refractivity contribution < 1.29 is 51.7 Å². The van der Waals surface area contributed by atoms with E-state index in [0.717, 1.165) is 22.6 Å². The number of hydrogen-bond donors (Lipinski definition) is 2. The molecule has 1 aliphatic rings. The molecule has 11 nitrogen and oxygen atoms in total. The monoisotopic (exact) mass is 837 g/mol. The lowest BCUT2D eigenvalue weighted by molar-refractivity contribution is -0.0623. The normalized spacial score (nSPS) is 23.1. The second-order valence-corrected chi connectivity index (χ2v) is 19.4. The van der Waals surface area contributed by atoms with E-state index >= 15 is 0 Å². The highest BCUT2D eigenvalue weighted by atomic mass is 31.3. The van der Waals surface area contributed by atoms with Crippen LogP contribution in [0.2, 0.25) is 0 Å². The van der Waals surface area contributed by atoms with E-state index in [1.807, 2.05) is 48.5 Å². The van der Waals surface area contributed by atoms with Gasteiger partial charge in [-0.3, -0.25) is 0 Å². The average molecular weight is 837 g/mol. The van der Waals surface area contributed by atoms with Crippen molar-refractivity contribution in [1.29, 1.82) is 7.54 Å². The van der Waals surface area contributed by atoms with E-state index in [0.29, 0.717) is 39.1 Å². The predicted molar refractivity (Wildman–Crippen MR) is 225 cm³/mol. The third kappa shape index (κ3) is 25.2. The van der Waals surface area contributed by atoms with E-state index < -0.39 is 59.8 Å². The van der Waals surface area contributed by atoms with Crippen LogP contribution >= 0.6 is 34.2 Å². The van der Waals surface area contributed by atoms with Crippen LogP contribution in [-0.2, 0) is 38.6 Å². The van der Waals surface area contributed by atoms with E-state index in [2.05, 4.69) is 0 Å². The van der Waals surface area contributed by atoms with Crippen molar-refractivity contribution in [2.24, 2.45) is 0 Å². The molecule has 1 saturated heterocycles. The zero-order chi connectivity index (χ0) is 42.9. The lowest BCUT2D eigenvalue weighted by Gasteiger charge is -2.19. The zero-order valence-corrected chi connectivity index (χ0v) is 36.2. The van der Waals surface area contributed by atoms with Crippen molar-refractivity contribution in [3.05, 3.63) is 59.7 Å². The standard InChI is InChI=1S/C12H18BO4PSi.C12H20BO4PSi.C5H14B2O3P2Si/c1-14-10-4-2-9(3-5-10)12-15-8-11(17-12)6-7-16-19(13)18;1-15-11-4-2-10(3-5-11)9-16-12(8-14)6-7-17-19(13)18;1-12(6)10-5(4-8)2-3-9-13(7)11/h2-5,11-12,19H,6-8,18H2,1H3;2-5,12,14,19H,6-9,18H2,1H3;5,8,13H,2-4,11H2,1H3/t11-,12?,19?;12-,19?;5-,12?,13?/m111/s1/i2*18T,19D;11T,13D/t11-,12?,18?,19?;12-,18?,19?;5-,11?,12?,13?. The van der Waals surface area contributed by atoms with E-state index in [4.69, 9.17) is 84.0 Å². The van der Waals surface area contributed by atoms with Gasteiger partial charge < -0.3 is 51.7 Å². The number of aliphatic hydroxyl groups is 2. The number of methoxy groups -OCH3 is 2. The average Bonchev–Trinajstić information content (AvgIpc) is 3.68. The number of hydrogen-bond acceptors (Lipinski definition) is 11. The van der Waals surface area contributed by atoms with Gasteiger partial charge in [-0.25, -0.2) is 0 Å². The Bertz CT molecular complexity index is 1320. The molecule has 0 saturated carbocycles. The molecule has 2 N–H and O–H groups in total. The van der Waals surface area contributed by atoms with Crippen LogP contribution in [0.5, 0.6) is 11.5 Å². The first-order valence-corrected chi connectivity index (χ1v) is 26.6. The summed E-state index contributed by atoms with van der Waals surface area (Å²) in [5, 5.41) is 18.2. The van der Waals surface area contributed by atoms with Gasteiger partial charge in [0.2, 0.25) is 0 Å². The van der Waals surface area contributed by atoms with Crippen molar-refractivity contribution in [2.75, 3.05) is 60.5 Å². The largest absolute Gasteiger partial charge is 0.497 e. The van der Waals surface area contributed by atoms with Gasteiger partial charge in [0.25, 0.3) is 0 Å². The summed E-state index contributed by atoms with van der Waals surface area (Å²) in [4.78, 5) is 0. The Morgan fingerprint density at radius 1 is 0.882 bits per heavy atom. The fourth-order valence-electron chi connectivity index (χ4n) is 4.01. The molecule has 0 amide bonds. The van der Waals surface area contributed by atoms with Crippen LogP contribution in [0.4, 0.5) is 0 Å². The van der Waals surface area contributed by atoms with Crippen molar-refractivity contribution in [1.82, 2.24) is 0 Å². The minimum atomic E-state index is -3.06. The first kappa shape index (κ1) is 39.5. The summed E-state index contributed by atoms with van der Waals surface area (Å²) in [7, 11) is 13.9. The van der Waals surface area contributed by atoms with Crippen molar-refractivity contribution in [3.63, 3.8) is 0 Å². The molecule has 22 heteroatoms. The molecule has 2 aromatic rings. The molecule has 0 spiro atoms. The summed E-state index contributed by atoms with van der Waals surface area (Å²) in [6, 6.07) is 15.0. The van der Waals surface area contributed by atoms with Gasteiger partial charge in [-0.2, -0.15) is 0 Å². The van der Waals surface area contributed by atoms with Crippen LogP contribution in [0.3, 0.4) is 0 Å². The highest BCUT2D eigenvalue weighted by molar-refractivity contribution is 7.77. The van der Waals surface area contributed by atoms with Crippen LogP contribution in [0.1, 0.15) is 36.7 Å². The van der Waals surface area contributed by atoms with E-state index in [9.17, 15) is 5.11 Å². The fourth-order valence-corrected chi connectivity index (χ4v) is 6.59. The molecule has 8 unspecified atom stereocenters. The van der Waals surface area contributed by atoms with E-state index in [1.54, 1.807) is 20.9 Å². The van der Waals surface area contributed by atoms with Gasteiger partial charge in [-0.1, -0.05) is 24.3 Å². The van der Waals surface area contributed by atoms with Crippen LogP contribution in [0, 0.1) is 0 Å². The lowest BCUT2D eigenvalue weighted by atomic mass is 10.2. The Labute approximate surface area is 330 Å². The van der Waals surface area contributed by atoms with Gasteiger partial charge >= 0.3 is 0 Å². The summed E-state index contributed by atoms with van der Waals surface area (Å²) in [6.07, 6.45) is 0.307. The zero-order valence-electron chi connectivity index (χ0n) is 35.3. The Kier molecular flexibility index (Phi) is 23.7. The van der Waals surface area contributed by atoms with Gasteiger partial charge in [0.1, 0.15) is 44.6 Å². The molecular weight excluding hydrogens is 776 g/mol. The Morgan fingerprint density at radius 2 is 1.39 bits per heavy atom. The second kappa shape index (κ2) is 30.5. The summed E-state index contributed by atoms with van der Waals surface area (Å²) in [6.45, 7) is 3.13. The smallest absolute Gasteiger partial charge is 0.184 e. The third-order valence-electron chi connectivity index (χ3n) is 6.60. The van der Waals surface area contributed by atoms with Crippen molar-refractivity contribution in [2.45, 2.75) is 50.5 Å². The van der Waals surface area contributed by atoms with Crippen LogP contribution in [0.25, 0.3) is 0 Å². The summed E-state index contributed by atoms with van der Waals surface area (Å²) in [5.41, 5.74) is 1.92. The predicted octanol–water partition coefficient (Wildman–Crippen LogP) is 1.66. The van der Waals surface area contributed by atoms with Gasteiger partial charge in [-0.15, -0.1) is 26.2 Å². The Morgan fingerprint density at radius 3 is 1.88 bits per heavy atom. The maximum Gasteiger partial charge on any atom is 0.184 e. The minimum Gasteiger partial charge on any atom is -0.497 e. The number of ether oxygens (including phenoxy) is 5. The highest BCUT2D eigenvalue weighted by Crippen LogP contribution is 2.29. The summed E-state index contributed by atoms with van der Waals surface area (Å²) < 4.78 is 91.8. The first-order valence-electron chi connectivity index (χ1n) is 18.8. The van der Waals surface area contributed by atoms with Crippen molar-refractivity contribution >= 4 is 89.6 Å². The molecule has 0 aliphatic carbocycles. The molecule has 1 aliphatic heterocycles. The van der Waals surface area contributed by atoms with E-state index in [-0.39, 0.29) is 51.0 Å². The van der Waals surface area contributed by atoms with Crippen LogP contribution in [-0.4, -0.2) is 152 Å². The molecule has 0 bridgehead atoms. The molecule has 1 heterocycles. The Balaban J connectivity index is 0.000000435. The fraction of sp³-hybridized carbons (Fsp3) is 0.586. The highest BCUT2D eigenvalue weighted by Gasteiger charge is 2.27. The lowest BCUT2D eigenvalue weighted by Crippen LogP contribution is -2.22. The van der Waals surface area contributed by atoms with Crippen molar-refractivity contribution in [3.8, 4) is 11.5 Å². The molecule has 11 atom stereocenters. The number of rotatable bonds is 25. The molecular formula is C29H52B4O11P4Si3. The maximum absolute atomic E-state index is 9.27. The van der Waals surface area contributed by atoms with Gasteiger partial charge in [0.05, 0.1) is 85.1 Å². The SMILES string of the molecule is [2H][Si]([B])(OCC[C@@H]1COC(c2ccc(OC)cc2)O1)P[3H].[2H][Si]([B])(OCC[C@H](CO)OCc1ccc(OC)cc1)P[3H].[2H][Si]([B])(OCC[C@H](CO)OP([B])C)P[3H]. The molecule has 2 aromatic carbocycles. The molecule has 51 heavy (non-hydrogen) atoms. The summed E-state index contributed by atoms with van der Waals surface area (Å²) in [5.74, 6) is 1.57. The quantitative estimate of drug-likeness (QED) is 0.112. The van der Waals surface area contributed by atoms with Crippen LogP contribution < -0.4 is 9.47 Å². The van der Waals surface area contributed by atoms with Gasteiger partial charge in [0, 0.05) is 29.1 Å². The molecule has 8 radical (unpaired) electrons. The summed E-state index contributed by atoms with van der Waals surface area (Å²) >= 11 is 0. The third-order valence-corrected chi connectivity index (χ3v) is 10.1. The molecule has 3 rings (SSSR count). The minimum absolute atomic E-state index is 0.0732.